The number of nitro groups is 1. The van der Waals surface area contributed by atoms with Crippen LogP contribution in [0, 0.1) is 15.9 Å². The van der Waals surface area contributed by atoms with Crippen LogP contribution in [0.1, 0.15) is 21.5 Å². The summed E-state index contributed by atoms with van der Waals surface area (Å²) in [7, 11) is 1.49. The predicted octanol–water partition coefficient (Wildman–Crippen LogP) is 7.43. The van der Waals surface area contributed by atoms with Gasteiger partial charge in [-0.15, -0.1) is 0 Å². The lowest BCUT2D eigenvalue weighted by Gasteiger charge is -2.20. The topological polar surface area (TPSA) is 90.7 Å². The number of ketones is 1. The van der Waals surface area contributed by atoms with Crippen LogP contribution in [0.5, 0.6) is 11.5 Å². The third-order valence-electron chi connectivity index (χ3n) is 5.87. The summed E-state index contributed by atoms with van der Waals surface area (Å²) in [5.74, 6) is -0.503. The minimum Gasteiger partial charge on any atom is -0.496 e. The number of rotatable bonds is 8. The zero-order chi connectivity index (χ0) is 26.6. The molecule has 0 spiro atoms. The van der Waals surface area contributed by atoms with Crippen LogP contribution in [-0.4, -0.2) is 17.8 Å². The van der Waals surface area contributed by atoms with Crippen LogP contribution in [0.3, 0.4) is 0 Å². The SMILES string of the molecule is COc1ccc(/C=C/C(=O)c2ccc3c(c2)Nc2ccccc2S3)cc1COc1cc(F)ccc1[N+](=O)[O-]. The van der Waals surface area contributed by atoms with Gasteiger partial charge in [0.05, 0.1) is 23.4 Å². The smallest absolute Gasteiger partial charge is 0.311 e. The molecule has 190 valence electrons. The standard InChI is InChI=1S/C29H21FN2O5S/c1-36-26-12-7-18(14-20(26)17-37-27-16-21(30)9-10-24(27)32(34)35)6-11-25(33)19-8-13-29-23(15-19)31-22-4-2-3-5-28(22)38-29/h2-16,31H,17H2,1H3/b11-6+. The van der Waals surface area contributed by atoms with Crippen molar-refractivity contribution < 1.29 is 23.6 Å². The number of anilines is 2. The molecule has 38 heavy (non-hydrogen) atoms. The average molecular weight is 529 g/mol. The van der Waals surface area contributed by atoms with Crippen molar-refractivity contribution in [2.45, 2.75) is 16.4 Å². The van der Waals surface area contributed by atoms with Crippen LogP contribution < -0.4 is 14.8 Å². The Morgan fingerprint density at radius 1 is 1.00 bits per heavy atom. The van der Waals surface area contributed by atoms with Crippen LogP contribution in [0.2, 0.25) is 0 Å². The van der Waals surface area contributed by atoms with E-state index in [2.05, 4.69) is 5.32 Å². The van der Waals surface area contributed by atoms with Gasteiger partial charge in [0.25, 0.3) is 0 Å². The maximum Gasteiger partial charge on any atom is 0.311 e. The van der Waals surface area contributed by atoms with Gasteiger partial charge < -0.3 is 14.8 Å². The molecule has 0 amide bonds. The number of halogens is 1. The second-order valence-corrected chi connectivity index (χ2v) is 9.44. The number of benzene rings is 4. The van der Waals surface area contributed by atoms with Gasteiger partial charge in [-0.3, -0.25) is 14.9 Å². The third-order valence-corrected chi connectivity index (χ3v) is 7.03. The summed E-state index contributed by atoms with van der Waals surface area (Å²) in [6.45, 7) is -0.0985. The third kappa shape index (κ3) is 5.37. The molecule has 5 rings (SSSR count). The highest BCUT2D eigenvalue weighted by Gasteiger charge is 2.18. The highest BCUT2D eigenvalue weighted by molar-refractivity contribution is 7.99. The number of carbonyl (C=O) groups is 1. The van der Waals surface area contributed by atoms with E-state index in [1.54, 1.807) is 42.1 Å². The van der Waals surface area contributed by atoms with Crippen molar-refractivity contribution in [3.05, 3.63) is 118 Å². The summed E-state index contributed by atoms with van der Waals surface area (Å²) in [5, 5.41) is 14.6. The summed E-state index contributed by atoms with van der Waals surface area (Å²) in [4.78, 5) is 25.7. The van der Waals surface area contributed by atoms with Crippen molar-refractivity contribution in [2.75, 3.05) is 12.4 Å². The maximum atomic E-state index is 13.6. The van der Waals surface area contributed by atoms with E-state index in [4.69, 9.17) is 9.47 Å². The zero-order valence-electron chi connectivity index (χ0n) is 20.1. The molecule has 0 atom stereocenters. The largest absolute Gasteiger partial charge is 0.496 e. The number of ether oxygens (including phenoxy) is 2. The van der Waals surface area contributed by atoms with Crippen LogP contribution >= 0.6 is 11.8 Å². The number of allylic oxidation sites excluding steroid dienone is 1. The predicted molar refractivity (Wildman–Crippen MR) is 144 cm³/mol. The number of nitrogens with zero attached hydrogens (tertiary/aromatic N) is 1. The number of fused-ring (bicyclic) bond motifs is 2. The molecule has 0 aromatic heterocycles. The van der Waals surface area contributed by atoms with Crippen LogP contribution in [-0.2, 0) is 6.61 Å². The Hall–Kier alpha value is -4.63. The summed E-state index contributed by atoms with van der Waals surface area (Å²) >= 11 is 1.65. The maximum absolute atomic E-state index is 13.6. The van der Waals surface area contributed by atoms with E-state index in [0.717, 1.165) is 39.4 Å². The number of nitrogens with one attached hydrogen (secondary N) is 1. The Morgan fingerprint density at radius 2 is 1.82 bits per heavy atom. The van der Waals surface area contributed by atoms with Crippen molar-refractivity contribution in [2.24, 2.45) is 0 Å². The fourth-order valence-corrected chi connectivity index (χ4v) is 4.95. The first-order chi connectivity index (χ1) is 18.4. The van der Waals surface area contributed by atoms with Gasteiger partial charge in [-0.25, -0.2) is 4.39 Å². The molecule has 1 N–H and O–H groups in total. The molecule has 0 saturated carbocycles. The van der Waals surface area contributed by atoms with Crippen molar-refractivity contribution in [3.8, 4) is 11.5 Å². The van der Waals surface area contributed by atoms with Crippen LogP contribution in [0.25, 0.3) is 6.08 Å². The molecule has 0 fully saturated rings. The van der Waals surface area contributed by atoms with Gasteiger partial charge in [0.1, 0.15) is 18.2 Å². The van der Waals surface area contributed by atoms with E-state index in [9.17, 15) is 19.3 Å². The molecule has 1 heterocycles. The Balaban J connectivity index is 1.32. The van der Waals surface area contributed by atoms with Gasteiger partial charge in [0.15, 0.2) is 11.5 Å². The summed E-state index contributed by atoms with van der Waals surface area (Å²) in [6, 6.07) is 21.8. The van der Waals surface area contributed by atoms with Crippen molar-refractivity contribution in [1.29, 1.82) is 0 Å². The van der Waals surface area contributed by atoms with Gasteiger partial charge in [0, 0.05) is 33.1 Å². The molecule has 0 radical (unpaired) electrons. The van der Waals surface area contributed by atoms with Gasteiger partial charge in [-0.05, 0) is 60.2 Å². The lowest BCUT2D eigenvalue weighted by molar-refractivity contribution is -0.386. The minimum absolute atomic E-state index is 0.0985. The quantitative estimate of drug-likeness (QED) is 0.0969. The Bertz CT molecular complexity index is 1590. The van der Waals surface area contributed by atoms with E-state index in [1.807, 2.05) is 36.4 Å². The minimum atomic E-state index is -0.645. The molecule has 1 aliphatic rings. The molecule has 0 unspecified atom stereocenters. The van der Waals surface area contributed by atoms with E-state index < -0.39 is 10.7 Å². The first-order valence-electron chi connectivity index (χ1n) is 11.6. The fourth-order valence-electron chi connectivity index (χ4n) is 3.99. The molecule has 0 saturated heterocycles. The molecule has 9 heteroatoms. The highest BCUT2D eigenvalue weighted by Crippen LogP contribution is 2.44. The number of para-hydroxylation sites is 1. The van der Waals surface area contributed by atoms with Gasteiger partial charge in [-0.2, -0.15) is 0 Å². The number of hydrogen-bond donors (Lipinski definition) is 1. The average Bonchev–Trinajstić information content (AvgIpc) is 2.93. The van der Waals surface area contributed by atoms with Crippen LogP contribution in [0.4, 0.5) is 21.5 Å². The van der Waals surface area contributed by atoms with E-state index in [1.165, 1.54) is 13.2 Å². The molecular formula is C29H21FN2O5S. The van der Waals surface area contributed by atoms with E-state index >= 15 is 0 Å². The summed E-state index contributed by atoms with van der Waals surface area (Å²) in [6.07, 6.45) is 3.16. The molecule has 7 nitrogen and oxygen atoms in total. The number of carbonyl (C=O) groups excluding carboxylic acids is 1. The Kier molecular flexibility index (Phi) is 7.10. The van der Waals surface area contributed by atoms with E-state index in [0.29, 0.717) is 22.4 Å². The van der Waals surface area contributed by atoms with Crippen molar-refractivity contribution in [1.82, 2.24) is 0 Å². The first-order valence-corrected chi connectivity index (χ1v) is 12.4. The number of nitro benzene ring substituents is 1. The molecule has 0 aliphatic carbocycles. The monoisotopic (exact) mass is 528 g/mol. The molecule has 4 aromatic carbocycles. The van der Waals surface area contributed by atoms with Crippen LogP contribution in [0.15, 0.2) is 94.7 Å². The number of hydrogen-bond acceptors (Lipinski definition) is 7. The Morgan fingerprint density at radius 3 is 2.63 bits per heavy atom. The second-order valence-electron chi connectivity index (χ2n) is 8.36. The van der Waals surface area contributed by atoms with Gasteiger partial charge in [-0.1, -0.05) is 36.0 Å². The first kappa shape index (κ1) is 25.0. The van der Waals surface area contributed by atoms with Crippen molar-refractivity contribution in [3.63, 3.8) is 0 Å². The van der Waals surface area contributed by atoms with E-state index in [-0.39, 0.29) is 23.8 Å². The Labute approximate surface area is 222 Å². The molecule has 0 bridgehead atoms. The lowest BCUT2D eigenvalue weighted by atomic mass is 10.1. The molecular weight excluding hydrogens is 507 g/mol. The molecule has 1 aliphatic heterocycles. The molecule has 4 aromatic rings. The number of methoxy groups -OCH3 is 1. The summed E-state index contributed by atoms with van der Waals surface area (Å²) < 4.78 is 24.6. The van der Waals surface area contributed by atoms with Crippen molar-refractivity contribution >= 4 is 40.7 Å². The summed E-state index contributed by atoms with van der Waals surface area (Å²) in [5.41, 5.74) is 3.36. The second kappa shape index (κ2) is 10.8. The fraction of sp³-hybridized carbons (Fsp3) is 0.0690. The zero-order valence-corrected chi connectivity index (χ0v) is 21.0. The highest BCUT2D eigenvalue weighted by atomic mass is 32.2. The van der Waals surface area contributed by atoms with Gasteiger partial charge in [0.2, 0.25) is 0 Å². The normalized spacial score (nSPS) is 11.8. The van der Waals surface area contributed by atoms with Gasteiger partial charge >= 0.3 is 5.69 Å². The lowest BCUT2D eigenvalue weighted by Crippen LogP contribution is -2.03.